The number of benzene rings is 3. The molecule has 1 aliphatic heterocycles. The van der Waals surface area contributed by atoms with E-state index >= 15 is 0 Å². The second kappa shape index (κ2) is 9.76. The van der Waals surface area contributed by atoms with E-state index in [9.17, 15) is 10.1 Å². The third-order valence-electron chi connectivity index (χ3n) is 6.29. The fourth-order valence-electron chi connectivity index (χ4n) is 4.70. The van der Waals surface area contributed by atoms with Crippen molar-refractivity contribution in [3.8, 4) is 6.07 Å². The topological polar surface area (TPSA) is 53.3 Å². The van der Waals surface area contributed by atoms with Crippen LogP contribution in [-0.4, -0.2) is 24.0 Å². The number of likely N-dealkylation sites (tertiary alicyclic amines) is 1. The Hall–Kier alpha value is -3.16. The number of rotatable bonds is 6. The number of nitrogens with zero attached hydrogens (tertiary/aromatic N) is 2. The van der Waals surface area contributed by atoms with Gasteiger partial charge in [-0.25, -0.2) is 0 Å². The molecule has 3 aromatic carbocycles. The number of hydrogen-bond acceptors (Lipinski definition) is 4. The Labute approximate surface area is 184 Å². The van der Waals surface area contributed by atoms with Gasteiger partial charge in [-0.3, -0.25) is 9.69 Å². The molecule has 31 heavy (non-hydrogen) atoms. The van der Waals surface area contributed by atoms with Gasteiger partial charge in [-0.1, -0.05) is 66.7 Å². The van der Waals surface area contributed by atoms with Gasteiger partial charge < -0.3 is 4.74 Å². The molecular weight excluding hydrogens is 384 g/mol. The van der Waals surface area contributed by atoms with Gasteiger partial charge >= 0.3 is 5.97 Å². The molecule has 0 aliphatic carbocycles. The fourth-order valence-corrected chi connectivity index (χ4v) is 4.70. The number of nitriles is 1. The largest absolute Gasteiger partial charge is 0.465 e. The molecule has 1 fully saturated rings. The minimum Gasteiger partial charge on any atom is -0.465 e. The van der Waals surface area contributed by atoms with Crippen LogP contribution in [0.3, 0.4) is 0 Å². The molecule has 0 radical (unpaired) electrons. The van der Waals surface area contributed by atoms with E-state index in [0.717, 1.165) is 25.9 Å². The first-order valence-electron chi connectivity index (χ1n) is 11.0. The first-order chi connectivity index (χ1) is 15.2. The van der Waals surface area contributed by atoms with Crippen LogP contribution in [0.1, 0.15) is 36.9 Å². The van der Waals surface area contributed by atoms with Crippen LogP contribution < -0.4 is 0 Å². The minimum absolute atomic E-state index is 0.00690. The lowest BCUT2D eigenvalue weighted by Crippen LogP contribution is -2.40. The van der Waals surface area contributed by atoms with Crippen molar-refractivity contribution < 1.29 is 9.53 Å². The maximum absolute atomic E-state index is 12.4. The van der Waals surface area contributed by atoms with Gasteiger partial charge in [0.1, 0.15) is 5.92 Å². The van der Waals surface area contributed by atoms with Crippen molar-refractivity contribution in [1.82, 2.24) is 4.90 Å². The van der Waals surface area contributed by atoms with Crippen molar-refractivity contribution in [3.05, 3.63) is 83.9 Å². The zero-order chi connectivity index (χ0) is 21.6. The summed E-state index contributed by atoms with van der Waals surface area (Å²) in [6, 6.07) is 27.8. The van der Waals surface area contributed by atoms with Crippen molar-refractivity contribution in [2.45, 2.75) is 32.4 Å². The van der Waals surface area contributed by atoms with E-state index in [1.807, 2.05) is 6.07 Å². The lowest BCUT2D eigenvalue weighted by Gasteiger charge is -2.41. The lowest BCUT2D eigenvalue weighted by molar-refractivity contribution is -0.148. The average Bonchev–Trinajstić information content (AvgIpc) is 2.81. The molecule has 1 aliphatic rings. The molecule has 0 spiro atoms. The molecule has 0 amide bonds. The normalized spacial score (nSPS) is 20.1. The molecule has 0 bridgehead atoms. The minimum atomic E-state index is -0.707. The van der Waals surface area contributed by atoms with E-state index in [0.29, 0.717) is 6.61 Å². The number of fused-ring (bicyclic) bond motifs is 1. The summed E-state index contributed by atoms with van der Waals surface area (Å²) in [6.07, 6.45) is 1.58. The van der Waals surface area contributed by atoms with Gasteiger partial charge in [-0.05, 0) is 60.2 Å². The van der Waals surface area contributed by atoms with Crippen molar-refractivity contribution in [1.29, 1.82) is 5.26 Å². The highest BCUT2D eigenvalue weighted by Gasteiger charge is 2.37. The number of carbonyl (C=O) groups is 1. The highest BCUT2D eigenvalue weighted by atomic mass is 16.5. The quantitative estimate of drug-likeness (QED) is 0.502. The van der Waals surface area contributed by atoms with E-state index in [2.05, 4.69) is 77.7 Å². The maximum Gasteiger partial charge on any atom is 0.323 e. The fraction of sp³-hybridized carbons (Fsp3) is 0.333. The number of piperidine rings is 1. The van der Waals surface area contributed by atoms with E-state index in [1.54, 1.807) is 6.92 Å². The van der Waals surface area contributed by atoms with Crippen LogP contribution in [0.2, 0.25) is 0 Å². The first kappa shape index (κ1) is 21.1. The third-order valence-corrected chi connectivity index (χ3v) is 6.29. The summed E-state index contributed by atoms with van der Waals surface area (Å²) < 4.78 is 5.19. The van der Waals surface area contributed by atoms with E-state index in [-0.39, 0.29) is 17.9 Å². The molecule has 4 heteroatoms. The highest BCUT2D eigenvalue weighted by molar-refractivity contribution is 5.83. The van der Waals surface area contributed by atoms with Crippen LogP contribution in [0, 0.1) is 23.2 Å². The van der Waals surface area contributed by atoms with E-state index in [4.69, 9.17) is 4.74 Å². The molecule has 1 heterocycles. The monoisotopic (exact) mass is 412 g/mol. The molecule has 0 N–H and O–H groups in total. The summed E-state index contributed by atoms with van der Waals surface area (Å²) in [5, 5.41) is 12.1. The number of ether oxygens (including phenoxy) is 1. The van der Waals surface area contributed by atoms with Crippen LogP contribution in [0.5, 0.6) is 0 Å². The van der Waals surface area contributed by atoms with E-state index in [1.165, 1.54) is 21.9 Å². The van der Waals surface area contributed by atoms with Gasteiger partial charge in [0.05, 0.1) is 12.7 Å². The van der Waals surface area contributed by atoms with Crippen LogP contribution in [0.4, 0.5) is 0 Å². The predicted octanol–water partition coefficient (Wildman–Crippen LogP) is 5.50. The molecular formula is C27H28N2O2. The zero-order valence-electron chi connectivity index (χ0n) is 17.9. The van der Waals surface area contributed by atoms with Gasteiger partial charge in [0.2, 0.25) is 0 Å². The molecule has 158 valence electrons. The third kappa shape index (κ3) is 4.78. The SMILES string of the molecule is CCOC(=O)C(C#N)C1CCN(Cc2ccccc2)C(c2ccc3ccccc3c2)C1. The number of carbonyl (C=O) groups excluding carboxylic acids is 1. The molecule has 3 atom stereocenters. The maximum atomic E-state index is 12.4. The molecule has 0 saturated carbocycles. The lowest BCUT2D eigenvalue weighted by atomic mass is 9.79. The van der Waals surface area contributed by atoms with Crippen LogP contribution in [-0.2, 0) is 16.1 Å². The van der Waals surface area contributed by atoms with Crippen LogP contribution in [0.15, 0.2) is 72.8 Å². The Bertz CT molecular complexity index is 1070. The second-order valence-electron chi connectivity index (χ2n) is 8.22. The van der Waals surface area contributed by atoms with Gasteiger partial charge in [-0.15, -0.1) is 0 Å². The van der Waals surface area contributed by atoms with Gasteiger partial charge in [-0.2, -0.15) is 5.26 Å². The highest BCUT2D eigenvalue weighted by Crippen LogP contribution is 2.39. The van der Waals surface area contributed by atoms with Crippen LogP contribution in [0.25, 0.3) is 10.8 Å². The van der Waals surface area contributed by atoms with Crippen molar-refractivity contribution >= 4 is 16.7 Å². The summed E-state index contributed by atoms with van der Waals surface area (Å²) in [4.78, 5) is 14.9. The Morgan fingerprint density at radius 2 is 1.84 bits per heavy atom. The standard InChI is InChI=1S/C27H28N2O2/c1-2-31-27(30)25(18-28)23-14-15-29(19-20-8-4-3-5-9-20)26(17-23)24-13-12-21-10-6-7-11-22(21)16-24/h3-13,16,23,25-26H,2,14-15,17,19H2,1H3. The number of esters is 1. The Kier molecular flexibility index (Phi) is 6.64. The summed E-state index contributed by atoms with van der Waals surface area (Å²) in [5.74, 6) is -1.10. The Morgan fingerprint density at radius 1 is 1.10 bits per heavy atom. The van der Waals surface area contributed by atoms with Gasteiger partial charge in [0.25, 0.3) is 0 Å². The summed E-state index contributed by atoms with van der Waals surface area (Å²) in [6.45, 7) is 3.78. The smallest absolute Gasteiger partial charge is 0.323 e. The zero-order valence-corrected chi connectivity index (χ0v) is 17.9. The van der Waals surface area contributed by atoms with Crippen molar-refractivity contribution in [2.24, 2.45) is 11.8 Å². The Balaban J connectivity index is 1.64. The van der Waals surface area contributed by atoms with Gasteiger partial charge in [0, 0.05) is 12.6 Å². The molecule has 3 unspecified atom stereocenters. The van der Waals surface area contributed by atoms with Crippen molar-refractivity contribution in [3.63, 3.8) is 0 Å². The molecule has 4 rings (SSSR count). The first-order valence-corrected chi connectivity index (χ1v) is 11.0. The molecule has 0 aromatic heterocycles. The van der Waals surface area contributed by atoms with Crippen molar-refractivity contribution in [2.75, 3.05) is 13.2 Å². The number of hydrogen-bond donors (Lipinski definition) is 0. The molecule has 4 nitrogen and oxygen atoms in total. The summed E-state index contributed by atoms with van der Waals surface area (Å²) in [5.41, 5.74) is 2.51. The van der Waals surface area contributed by atoms with Gasteiger partial charge in [0.15, 0.2) is 0 Å². The average molecular weight is 413 g/mol. The van der Waals surface area contributed by atoms with Crippen LogP contribution >= 0.6 is 0 Å². The molecule has 1 saturated heterocycles. The Morgan fingerprint density at radius 3 is 2.58 bits per heavy atom. The van der Waals surface area contributed by atoms with E-state index < -0.39 is 5.92 Å². The predicted molar refractivity (Wildman–Crippen MR) is 122 cm³/mol. The summed E-state index contributed by atoms with van der Waals surface area (Å²) >= 11 is 0. The summed E-state index contributed by atoms with van der Waals surface area (Å²) in [7, 11) is 0. The molecule has 3 aromatic rings. The second-order valence-corrected chi connectivity index (χ2v) is 8.22.